The number of allylic oxidation sites excluding steroid dienone is 2. The third kappa shape index (κ3) is 1.26. The standard InChI is InChI=1S/C6H11BO3/c1-3-5-6(4-2)10-7(8)9-5/h8H,3-4H2,1-2H3. The van der Waals surface area contributed by atoms with Gasteiger partial charge in [0.25, 0.3) is 0 Å². The van der Waals surface area contributed by atoms with Crippen molar-refractivity contribution in [2.45, 2.75) is 26.7 Å². The molecule has 1 heterocycles. The molecule has 0 aromatic heterocycles. The summed E-state index contributed by atoms with van der Waals surface area (Å²) >= 11 is 0. The van der Waals surface area contributed by atoms with Crippen molar-refractivity contribution in [3.05, 3.63) is 11.5 Å². The molecule has 0 aliphatic carbocycles. The lowest BCUT2D eigenvalue weighted by molar-refractivity contribution is 0.258. The lowest BCUT2D eigenvalue weighted by Crippen LogP contribution is -2.13. The van der Waals surface area contributed by atoms with E-state index in [2.05, 4.69) is 0 Å². The Hall–Kier alpha value is -0.635. The highest BCUT2D eigenvalue weighted by Gasteiger charge is 2.31. The second-order valence-corrected chi connectivity index (χ2v) is 2.10. The summed E-state index contributed by atoms with van der Waals surface area (Å²) in [6, 6.07) is 0. The van der Waals surface area contributed by atoms with Gasteiger partial charge in [0.2, 0.25) is 0 Å². The minimum absolute atomic E-state index is 0.773. The van der Waals surface area contributed by atoms with Gasteiger partial charge in [-0.2, -0.15) is 0 Å². The van der Waals surface area contributed by atoms with E-state index in [4.69, 9.17) is 14.3 Å². The number of hydrogen-bond acceptors (Lipinski definition) is 3. The molecule has 0 amide bonds. The van der Waals surface area contributed by atoms with Crippen molar-refractivity contribution in [2.75, 3.05) is 0 Å². The molecule has 0 bridgehead atoms. The highest BCUT2D eigenvalue weighted by molar-refractivity contribution is 6.36. The lowest BCUT2D eigenvalue weighted by atomic mass is 10.2. The predicted molar refractivity (Wildman–Crippen MR) is 37.8 cm³/mol. The first-order chi connectivity index (χ1) is 4.77. The molecule has 56 valence electrons. The summed E-state index contributed by atoms with van der Waals surface area (Å²) in [4.78, 5) is 0. The fourth-order valence-corrected chi connectivity index (χ4v) is 0.960. The fraction of sp³-hybridized carbons (Fsp3) is 0.667. The van der Waals surface area contributed by atoms with Crippen molar-refractivity contribution in [1.82, 2.24) is 0 Å². The van der Waals surface area contributed by atoms with Gasteiger partial charge in [-0.1, -0.05) is 13.8 Å². The third-order valence-electron chi connectivity index (χ3n) is 1.44. The van der Waals surface area contributed by atoms with Gasteiger partial charge in [-0.15, -0.1) is 0 Å². The maximum Gasteiger partial charge on any atom is 0.784 e. The van der Waals surface area contributed by atoms with Crippen LogP contribution in [0.2, 0.25) is 0 Å². The van der Waals surface area contributed by atoms with Crippen LogP contribution in [0.25, 0.3) is 0 Å². The summed E-state index contributed by atoms with van der Waals surface area (Å²) in [5.41, 5.74) is 0. The molecule has 0 saturated heterocycles. The molecule has 10 heavy (non-hydrogen) atoms. The average Bonchev–Trinajstić information content (AvgIpc) is 2.30. The largest absolute Gasteiger partial charge is 0.784 e. The number of hydrogen-bond donors (Lipinski definition) is 1. The van der Waals surface area contributed by atoms with Crippen molar-refractivity contribution in [2.24, 2.45) is 0 Å². The van der Waals surface area contributed by atoms with Gasteiger partial charge >= 0.3 is 7.32 Å². The highest BCUT2D eigenvalue weighted by Crippen LogP contribution is 2.22. The molecule has 3 nitrogen and oxygen atoms in total. The molecule has 1 N–H and O–H groups in total. The Morgan fingerprint density at radius 3 is 1.90 bits per heavy atom. The SMILES string of the molecule is CCC1=C(CC)OB(O)O1. The van der Waals surface area contributed by atoms with Gasteiger partial charge in [0.15, 0.2) is 0 Å². The van der Waals surface area contributed by atoms with Crippen LogP contribution in [0.3, 0.4) is 0 Å². The van der Waals surface area contributed by atoms with Crippen LogP contribution < -0.4 is 0 Å². The summed E-state index contributed by atoms with van der Waals surface area (Å²) in [5, 5.41) is 8.85. The van der Waals surface area contributed by atoms with Crippen molar-refractivity contribution in [1.29, 1.82) is 0 Å². The van der Waals surface area contributed by atoms with E-state index in [1.54, 1.807) is 0 Å². The Morgan fingerprint density at radius 2 is 1.60 bits per heavy atom. The van der Waals surface area contributed by atoms with E-state index in [-0.39, 0.29) is 0 Å². The van der Waals surface area contributed by atoms with Crippen molar-refractivity contribution in [3.8, 4) is 0 Å². The molecule has 0 aromatic rings. The Morgan fingerprint density at radius 1 is 1.20 bits per heavy atom. The summed E-state index contributed by atoms with van der Waals surface area (Å²) in [7, 11) is -1.06. The molecule has 0 saturated carbocycles. The van der Waals surface area contributed by atoms with Crippen LogP contribution in [-0.2, 0) is 9.31 Å². The van der Waals surface area contributed by atoms with Gasteiger partial charge < -0.3 is 14.3 Å². The predicted octanol–water partition coefficient (Wildman–Crippen LogP) is 1.04. The topological polar surface area (TPSA) is 38.7 Å². The van der Waals surface area contributed by atoms with Gasteiger partial charge in [0.05, 0.1) is 0 Å². The Bertz CT molecular complexity index is 139. The average molecular weight is 142 g/mol. The van der Waals surface area contributed by atoms with Crippen LogP contribution in [0.1, 0.15) is 26.7 Å². The maximum atomic E-state index is 8.85. The summed E-state index contributed by atoms with van der Waals surface area (Å²) < 4.78 is 9.85. The zero-order valence-corrected chi connectivity index (χ0v) is 6.26. The van der Waals surface area contributed by atoms with Gasteiger partial charge in [-0.25, -0.2) is 0 Å². The molecular formula is C6H11BO3. The van der Waals surface area contributed by atoms with Gasteiger partial charge in [0, 0.05) is 12.8 Å². The zero-order chi connectivity index (χ0) is 7.56. The zero-order valence-electron chi connectivity index (χ0n) is 6.26. The van der Waals surface area contributed by atoms with Crippen LogP contribution in [0.15, 0.2) is 11.5 Å². The van der Waals surface area contributed by atoms with E-state index in [1.807, 2.05) is 13.8 Å². The van der Waals surface area contributed by atoms with E-state index >= 15 is 0 Å². The lowest BCUT2D eigenvalue weighted by Gasteiger charge is -1.96. The third-order valence-corrected chi connectivity index (χ3v) is 1.44. The molecule has 1 aliphatic heterocycles. The van der Waals surface area contributed by atoms with Crippen molar-refractivity contribution in [3.63, 3.8) is 0 Å². The second kappa shape index (κ2) is 2.97. The van der Waals surface area contributed by atoms with Crippen molar-refractivity contribution >= 4 is 7.32 Å². The highest BCUT2D eigenvalue weighted by atomic mass is 16.7. The van der Waals surface area contributed by atoms with Crippen LogP contribution in [0, 0.1) is 0 Å². The summed E-state index contributed by atoms with van der Waals surface area (Å²) in [5.74, 6) is 1.55. The molecule has 0 fully saturated rings. The van der Waals surface area contributed by atoms with Crippen LogP contribution in [0.5, 0.6) is 0 Å². The first-order valence-electron chi connectivity index (χ1n) is 3.51. The van der Waals surface area contributed by atoms with E-state index in [1.165, 1.54) is 0 Å². The van der Waals surface area contributed by atoms with Crippen molar-refractivity contribution < 1.29 is 14.3 Å². The molecule has 1 rings (SSSR count). The molecule has 0 atom stereocenters. The van der Waals surface area contributed by atoms with E-state index in [0.29, 0.717) is 0 Å². The minimum Gasteiger partial charge on any atom is -0.502 e. The maximum absolute atomic E-state index is 8.85. The first kappa shape index (κ1) is 7.47. The monoisotopic (exact) mass is 142 g/mol. The molecule has 0 spiro atoms. The Balaban J connectivity index is 2.61. The van der Waals surface area contributed by atoms with Gasteiger partial charge in [-0.05, 0) is 0 Å². The minimum atomic E-state index is -1.06. The van der Waals surface area contributed by atoms with E-state index in [9.17, 15) is 0 Å². The number of rotatable bonds is 2. The quantitative estimate of drug-likeness (QED) is 0.585. The smallest absolute Gasteiger partial charge is 0.502 e. The molecule has 0 aromatic carbocycles. The Kier molecular flexibility index (Phi) is 2.22. The molecule has 0 radical (unpaired) electrons. The first-order valence-corrected chi connectivity index (χ1v) is 3.51. The van der Waals surface area contributed by atoms with Crippen LogP contribution in [0.4, 0.5) is 0 Å². The molecule has 1 aliphatic rings. The van der Waals surface area contributed by atoms with E-state index < -0.39 is 7.32 Å². The second-order valence-electron chi connectivity index (χ2n) is 2.10. The molecule has 4 heteroatoms. The Labute approximate surface area is 60.8 Å². The van der Waals surface area contributed by atoms with Crippen LogP contribution >= 0.6 is 0 Å². The van der Waals surface area contributed by atoms with E-state index in [0.717, 1.165) is 24.4 Å². The molecular weight excluding hydrogens is 131 g/mol. The summed E-state index contributed by atoms with van der Waals surface area (Å²) in [6.45, 7) is 3.93. The summed E-state index contributed by atoms with van der Waals surface area (Å²) in [6.07, 6.45) is 1.56. The normalized spacial score (nSPS) is 17.3. The molecule has 0 unspecified atom stereocenters. The van der Waals surface area contributed by atoms with Gasteiger partial charge in [-0.3, -0.25) is 0 Å². The van der Waals surface area contributed by atoms with Crippen LogP contribution in [-0.4, -0.2) is 12.3 Å². The fourth-order valence-electron chi connectivity index (χ4n) is 0.960. The van der Waals surface area contributed by atoms with Gasteiger partial charge in [0.1, 0.15) is 11.5 Å².